The second-order valence-electron chi connectivity index (χ2n) is 4.29. The number of nitro groups is 2. The van der Waals surface area contributed by atoms with E-state index in [0.29, 0.717) is 12.1 Å². The Morgan fingerprint density at radius 1 is 1.10 bits per heavy atom. The predicted molar refractivity (Wildman–Crippen MR) is 72.4 cm³/mol. The van der Waals surface area contributed by atoms with Gasteiger partial charge in [-0.05, 0) is 31.9 Å². The van der Waals surface area contributed by atoms with Crippen molar-refractivity contribution >= 4 is 11.4 Å². The van der Waals surface area contributed by atoms with Crippen molar-refractivity contribution in [1.29, 1.82) is 0 Å². The standard InChI is InChI=1S/C12H17N3O5/c16-7-3-1-2-6-13-9-10-4-5-11(14(17)18)8-12(10)15(19)20/h4-5,8,13,16H,1-3,6-7,9H2. The Labute approximate surface area is 115 Å². The number of nitro benzene ring substituents is 2. The summed E-state index contributed by atoms with van der Waals surface area (Å²) in [5.41, 5.74) is -0.117. The van der Waals surface area contributed by atoms with Gasteiger partial charge in [-0.2, -0.15) is 0 Å². The molecule has 8 nitrogen and oxygen atoms in total. The summed E-state index contributed by atoms with van der Waals surface area (Å²) < 4.78 is 0. The van der Waals surface area contributed by atoms with E-state index >= 15 is 0 Å². The van der Waals surface area contributed by atoms with Crippen molar-refractivity contribution in [3.63, 3.8) is 0 Å². The Morgan fingerprint density at radius 3 is 2.45 bits per heavy atom. The van der Waals surface area contributed by atoms with E-state index in [4.69, 9.17) is 5.11 Å². The summed E-state index contributed by atoms with van der Waals surface area (Å²) in [6.07, 6.45) is 2.48. The lowest BCUT2D eigenvalue weighted by Crippen LogP contribution is -2.15. The number of nitrogens with one attached hydrogen (secondary N) is 1. The molecule has 0 amide bonds. The maximum Gasteiger partial charge on any atom is 0.280 e. The maximum atomic E-state index is 10.9. The van der Waals surface area contributed by atoms with Crippen molar-refractivity contribution < 1.29 is 15.0 Å². The Hall–Kier alpha value is -2.06. The number of benzene rings is 1. The third kappa shape index (κ3) is 4.90. The van der Waals surface area contributed by atoms with Crippen LogP contribution in [0.4, 0.5) is 11.4 Å². The van der Waals surface area contributed by atoms with Crippen LogP contribution in [-0.2, 0) is 6.54 Å². The first-order valence-corrected chi connectivity index (χ1v) is 6.29. The van der Waals surface area contributed by atoms with Crippen LogP contribution in [-0.4, -0.2) is 28.1 Å². The molecule has 0 fully saturated rings. The highest BCUT2D eigenvalue weighted by Crippen LogP contribution is 2.24. The first-order valence-electron chi connectivity index (χ1n) is 6.29. The number of aliphatic hydroxyl groups is 1. The monoisotopic (exact) mass is 283 g/mol. The minimum atomic E-state index is -0.654. The Bertz CT molecular complexity index is 478. The van der Waals surface area contributed by atoms with Crippen LogP contribution in [0.2, 0.25) is 0 Å². The third-order valence-electron chi connectivity index (χ3n) is 2.80. The molecule has 1 aromatic rings. The largest absolute Gasteiger partial charge is 0.396 e. The van der Waals surface area contributed by atoms with Gasteiger partial charge in [0.25, 0.3) is 11.4 Å². The van der Waals surface area contributed by atoms with Gasteiger partial charge in [0.1, 0.15) is 0 Å². The second kappa shape index (κ2) is 8.18. The van der Waals surface area contributed by atoms with Crippen molar-refractivity contribution in [3.05, 3.63) is 44.0 Å². The van der Waals surface area contributed by atoms with Gasteiger partial charge >= 0.3 is 0 Å². The summed E-state index contributed by atoms with van der Waals surface area (Å²) in [7, 11) is 0. The van der Waals surface area contributed by atoms with Crippen LogP contribution in [0.5, 0.6) is 0 Å². The van der Waals surface area contributed by atoms with Crippen molar-refractivity contribution in [1.82, 2.24) is 5.32 Å². The van der Waals surface area contributed by atoms with Crippen molar-refractivity contribution in [2.24, 2.45) is 0 Å². The molecule has 0 heterocycles. The molecule has 20 heavy (non-hydrogen) atoms. The highest BCUT2D eigenvalue weighted by molar-refractivity contribution is 5.49. The lowest BCUT2D eigenvalue weighted by Gasteiger charge is -2.05. The highest BCUT2D eigenvalue weighted by Gasteiger charge is 2.18. The van der Waals surface area contributed by atoms with Crippen LogP contribution in [0, 0.1) is 20.2 Å². The second-order valence-corrected chi connectivity index (χ2v) is 4.29. The molecule has 0 aromatic heterocycles. The quantitative estimate of drug-likeness (QED) is 0.405. The van der Waals surface area contributed by atoms with Crippen molar-refractivity contribution in [2.45, 2.75) is 25.8 Å². The van der Waals surface area contributed by atoms with E-state index in [1.807, 2.05) is 0 Å². The Kier molecular flexibility index (Phi) is 6.54. The number of unbranched alkanes of at least 4 members (excludes halogenated alkanes) is 2. The summed E-state index contributed by atoms with van der Waals surface area (Å²) in [6, 6.07) is 3.63. The van der Waals surface area contributed by atoms with E-state index in [0.717, 1.165) is 25.3 Å². The van der Waals surface area contributed by atoms with Crippen LogP contribution in [0.1, 0.15) is 24.8 Å². The van der Waals surface area contributed by atoms with Crippen LogP contribution in [0.15, 0.2) is 18.2 Å². The van der Waals surface area contributed by atoms with Gasteiger partial charge in [0.15, 0.2) is 0 Å². The van der Waals surface area contributed by atoms with Crippen molar-refractivity contribution in [2.75, 3.05) is 13.2 Å². The normalized spacial score (nSPS) is 10.4. The molecule has 0 aliphatic heterocycles. The predicted octanol–water partition coefficient (Wildman–Crippen LogP) is 1.76. The fourth-order valence-corrected chi connectivity index (χ4v) is 1.75. The van der Waals surface area contributed by atoms with E-state index in [2.05, 4.69) is 5.32 Å². The smallest absolute Gasteiger partial charge is 0.280 e. The van der Waals surface area contributed by atoms with E-state index in [1.165, 1.54) is 12.1 Å². The van der Waals surface area contributed by atoms with E-state index < -0.39 is 9.85 Å². The molecule has 0 bridgehead atoms. The fourth-order valence-electron chi connectivity index (χ4n) is 1.75. The molecule has 110 valence electrons. The number of hydrogen-bond acceptors (Lipinski definition) is 6. The average molecular weight is 283 g/mol. The molecule has 0 atom stereocenters. The van der Waals surface area contributed by atoms with Crippen LogP contribution in [0.25, 0.3) is 0 Å². The third-order valence-corrected chi connectivity index (χ3v) is 2.80. The topological polar surface area (TPSA) is 119 Å². The number of nitrogens with zero attached hydrogens (tertiary/aromatic N) is 2. The Morgan fingerprint density at radius 2 is 1.85 bits per heavy atom. The Balaban J connectivity index is 2.60. The van der Waals surface area contributed by atoms with E-state index in [1.54, 1.807) is 0 Å². The molecule has 8 heteroatoms. The molecule has 0 unspecified atom stereocenters. The molecule has 0 aliphatic rings. The van der Waals surface area contributed by atoms with Crippen LogP contribution >= 0.6 is 0 Å². The van der Waals surface area contributed by atoms with Gasteiger partial charge in [0, 0.05) is 24.8 Å². The summed E-state index contributed by atoms with van der Waals surface area (Å²) in [4.78, 5) is 20.2. The molecule has 0 saturated heterocycles. The number of rotatable bonds is 9. The maximum absolute atomic E-state index is 10.9. The zero-order chi connectivity index (χ0) is 15.0. The summed E-state index contributed by atoms with van der Waals surface area (Å²) >= 11 is 0. The SMILES string of the molecule is O=[N+]([O-])c1ccc(CNCCCCCO)c([N+](=O)[O-])c1. The first kappa shape index (κ1) is 16.0. The lowest BCUT2D eigenvalue weighted by atomic mass is 10.1. The van der Waals surface area contributed by atoms with Gasteiger partial charge in [0.05, 0.1) is 15.9 Å². The zero-order valence-corrected chi connectivity index (χ0v) is 10.9. The van der Waals surface area contributed by atoms with Gasteiger partial charge < -0.3 is 10.4 Å². The number of hydrogen-bond donors (Lipinski definition) is 2. The minimum Gasteiger partial charge on any atom is -0.396 e. The molecular weight excluding hydrogens is 266 g/mol. The molecular formula is C12H17N3O5. The molecule has 0 radical (unpaired) electrons. The molecule has 1 aromatic carbocycles. The van der Waals surface area contributed by atoms with E-state index in [9.17, 15) is 20.2 Å². The summed E-state index contributed by atoms with van der Waals surface area (Å²) in [5.74, 6) is 0. The van der Waals surface area contributed by atoms with Gasteiger partial charge in [-0.3, -0.25) is 20.2 Å². The molecule has 2 N–H and O–H groups in total. The average Bonchev–Trinajstić information content (AvgIpc) is 2.42. The summed E-state index contributed by atoms with van der Waals surface area (Å²) in [6.45, 7) is 1.12. The van der Waals surface area contributed by atoms with Gasteiger partial charge in [-0.25, -0.2) is 0 Å². The van der Waals surface area contributed by atoms with Crippen LogP contribution < -0.4 is 5.32 Å². The fraction of sp³-hybridized carbons (Fsp3) is 0.500. The zero-order valence-electron chi connectivity index (χ0n) is 10.9. The van der Waals surface area contributed by atoms with Gasteiger partial charge in [-0.15, -0.1) is 0 Å². The van der Waals surface area contributed by atoms with Crippen molar-refractivity contribution in [3.8, 4) is 0 Å². The van der Waals surface area contributed by atoms with E-state index in [-0.39, 0.29) is 24.5 Å². The number of non-ortho nitro benzene ring substituents is 1. The summed E-state index contributed by atoms with van der Waals surface area (Å²) in [5, 5.41) is 33.2. The van der Waals surface area contributed by atoms with Gasteiger partial charge in [0.2, 0.25) is 0 Å². The number of aliphatic hydroxyl groups excluding tert-OH is 1. The molecule has 0 saturated carbocycles. The molecule has 0 spiro atoms. The highest BCUT2D eigenvalue weighted by atomic mass is 16.6. The molecule has 0 aliphatic carbocycles. The van der Waals surface area contributed by atoms with Crippen LogP contribution in [0.3, 0.4) is 0 Å². The lowest BCUT2D eigenvalue weighted by molar-refractivity contribution is -0.394. The van der Waals surface area contributed by atoms with Gasteiger partial charge in [-0.1, -0.05) is 0 Å². The minimum absolute atomic E-state index is 0.161. The first-order chi connectivity index (χ1) is 9.56. The molecule has 1 rings (SSSR count).